The van der Waals surface area contributed by atoms with Crippen molar-refractivity contribution in [1.82, 2.24) is 15.1 Å². The van der Waals surface area contributed by atoms with Crippen LogP contribution >= 0.6 is 0 Å². The van der Waals surface area contributed by atoms with E-state index in [2.05, 4.69) is 10.2 Å². The zero-order valence-corrected chi connectivity index (χ0v) is 15.0. The van der Waals surface area contributed by atoms with Gasteiger partial charge in [0.2, 0.25) is 0 Å². The van der Waals surface area contributed by atoms with Crippen LogP contribution in [-0.4, -0.2) is 74.9 Å². The number of piperazine rings is 1. The molecular formula is C19H29N3O3. The molecule has 3 rings (SSSR count). The molecule has 138 valence electrons. The molecular weight excluding hydrogens is 318 g/mol. The van der Waals surface area contributed by atoms with Crippen LogP contribution < -0.4 is 5.32 Å². The van der Waals surface area contributed by atoms with Crippen LogP contribution in [0.25, 0.3) is 0 Å². The monoisotopic (exact) mass is 347 g/mol. The van der Waals surface area contributed by atoms with Crippen LogP contribution in [0.4, 0.5) is 4.79 Å². The maximum Gasteiger partial charge on any atom is 0.317 e. The van der Waals surface area contributed by atoms with Crippen LogP contribution in [0.15, 0.2) is 30.3 Å². The Morgan fingerprint density at radius 3 is 2.52 bits per heavy atom. The van der Waals surface area contributed by atoms with Gasteiger partial charge >= 0.3 is 6.03 Å². The van der Waals surface area contributed by atoms with Crippen molar-refractivity contribution in [1.29, 1.82) is 0 Å². The van der Waals surface area contributed by atoms with Gasteiger partial charge in [0.25, 0.3) is 0 Å². The van der Waals surface area contributed by atoms with Gasteiger partial charge in [-0.2, -0.15) is 0 Å². The molecule has 2 fully saturated rings. The zero-order valence-electron chi connectivity index (χ0n) is 15.0. The second kappa shape index (κ2) is 9.17. The van der Waals surface area contributed by atoms with Gasteiger partial charge < -0.3 is 19.7 Å². The average Bonchev–Trinajstić information content (AvgIpc) is 2.70. The highest BCUT2D eigenvalue weighted by atomic mass is 16.5. The summed E-state index contributed by atoms with van der Waals surface area (Å²) in [7, 11) is 1.68. The molecule has 1 aromatic rings. The van der Waals surface area contributed by atoms with Crippen LogP contribution in [0.3, 0.4) is 0 Å². The second-order valence-corrected chi connectivity index (χ2v) is 6.69. The molecule has 1 N–H and O–H groups in total. The highest BCUT2D eigenvalue weighted by molar-refractivity contribution is 5.74. The summed E-state index contributed by atoms with van der Waals surface area (Å²) in [6.07, 6.45) is 2.10. The predicted octanol–water partition coefficient (Wildman–Crippen LogP) is 1.88. The molecule has 2 amide bonds. The summed E-state index contributed by atoms with van der Waals surface area (Å²) in [6, 6.07) is 10.6. The molecule has 0 bridgehead atoms. The van der Waals surface area contributed by atoms with E-state index in [1.807, 2.05) is 35.2 Å². The Morgan fingerprint density at radius 1 is 1.20 bits per heavy atom. The molecule has 0 spiro atoms. The highest BCUT2D eigenvalue weighted by Crippen LogP contribution is 2.17. The number of nitrogens with zero attached hydrogens (tertiary/aromatic N) is 2. The van der Waals surface area contributed by atoms with Gasteiger partial charge in [0.15, 0.2) is 0 Å². The third-order valence-electron chi connectivity index (χ3n) is 5.20. The van der Waals surface area contributed by atoms with Crippen molar-refractivity contribution in [2.75, 3.05) is 53.0 Å². The lowest BCUT2D eigenvalue weighted by Gasteiger charge is -2.40. The van der Waals surface area contributed by atoms with Crippen LogP contribution in [0.1, 0.15) is 24.5 Å². The SMILES string of the molecule is CO[C@H](CNC(=O)N1CCN(C2CCOCC2)CC1)c1ccccc1. The molecule has 25 heavy (non-hydrogen) atoms. The maximum atomic E-state index is 12.5. The van der Waals surface area contributed by atoms with E-state index in [-0.39, 0.29) is 12.1 Å². The van der Waals surface area contributed by atoms with Crippen LogP contribution in [0.5, 0.6) is 0 Å². The van der Waals surface area contributed by atoms with Crippen LogP contribution in [0.2, 0.25) is 0 Å². The smallest absolute Gasteiger partial charge is 0.317 e. The summed E-state index contributed by atoms with van der Waals surface area (Å²) in [4.78, 5) is 16.9. The van der Waals surface area contributed by atoms with Crippen LogP contribution in [0, 0.1) is 0 Å². The molecule has 2 aliphatic heterocycles. The van der Waals surface area contributed by atoms with Crippen molar-refractivity contribution in [3.05, 3.63) is 35.9 Å². The van der Waals surface area contributed by atoms with Crippen molar-refractivity contribution in [3.8, 4) is 0 Å². The molecule has 0 unspecified atom stereocenters. The van der Waals surface area contributed by atoms with Gasteiger partial charge in [0.1, 0.15) is 0 Å². The third-order valence-corrected chi connectivity index (χ3v) is 5.20. The molecule has 6 heteroatoms. The van der Waals surface area contributed by atoms with E-state index >= 15 is 0 Å². The van der Waals surface area contributed by atoms with E-state index in [9.17, 15) is 4.79 Å². The van der Waals surface area contributed by atoms with Crippen molar-refractivity contribution in [3.63, 3.8) is 0 Å². The van der Waals surface area contributed by atoms with Gasteiger partial charge in [-0.3, -0.25) is 4.90 Å². The summed E-state index contributed by atoms with van der Waals surface area (Å²) in [5.41, 5.74) is 1.08. The molecule has 6 nitrogen and oxygen atoms in total. The molecule has 0 aromatic heterocycles. The minimum atomic E-state index is -0.117. The maximum absolute atomic E-state index is 12.5. The summed E-state index contributed by atoms with van der Waals surface area (Å²) >= 11 is 0. The molecule has 0 saturated carbocycles. The molecule has 1 aromatic carbocycles. The summed E-state index contributed by atoms with van der Waals surface area (Å²) < 4.78 is 11.0. The Balaban J connectivity index is 1.43. The van der Waals surface area contributed by atoms with Crippen molar-refractivity contribution >= 4 is 6.03 Å². The van der Waals surface area contributed by atoms with Crippen LogP contribution in [-0.2, 0) is 9.47 Å². The lowest BCUT2D eigenvalue weighted by atomic mass is 10.1. The Bertz CT molecular complexity index is 526. The van der Waals surface area contributed by atoms with E-state index in [1.54, 1.807) is 7.11 Å². The number of carbonyl (C=O) groups excluding carboxylic acids is 1. The first-order chi connectivity index (χ1) is 12.3. The second-order valence-electron chi connectivity index (χ2n) is 6.69. The normalized spacial score (nSPS) is 21.1. The molecule has 2 heterocycles. The van der Waals surface area contributed by atoms with Crippen molar-refractivity contribution in [2.24, 2.45) is 0 Å². The zero-order chi connectivity index (χ0) is 17.5. The number of hydrogen-bond acceptors (Lipinski definition) is 4. The largest absolute Gasteiger partial charge is 0.381 e. The Kier molecular flexibility index (Phi) is 6.67. The number of carbonyl (C=O) groups is 1. The minimum absolute atomic E-state index is 0.00427. The van der Waals surface area contributed by atoms with Gasteiger partial charge in [-0.25, -0.2) is 4.79 Å². The standard InChI is InChI=1S/C19H29N3O3/c1-24-18(16-5-3-2-4-6-16)15-20-19(23)22-11-9-21(10-12-22)17-7-13-25-14-8-17/h2-6,17-18H,7-15H2,1H3,(H,20,23)/t18-/m1/s1. The molecule has 1 atom stereocenters. The predicted molar refractivity (Wildman–Crippen MR) is 96.6 cm³/mol. The summed E-state index contributed by atoms with van der Waals surface area (Å²) in [5, 5.41) is 3.02. The fraction of sp³-hybridized carbons (Fsp3) is 0.632. The third kappa shape index (κ3) is 4.93. The fourth-order valence-electron chi connectivity index (χ4n) is 3.64. The van der Waals surface area contributed by atoms with E-state index in [0.29, 0.717) is 12.6 Å². The average molecular weight is 347 g/mol. The van der Waals surface area contributed by atoms with Crippen molar-refractivity contribution in [2.45, 2.75) is 25.0 Å². The number of urea groups is 1. The Morgan fingerprint density at radius 2 is 1.88 bits per heavy atom. The fourth-order valence-corrected chi connectivity index (χ4v) is 3.64. The van der Waals surface area contributed by atoms with Gasteiger partial charge in [0.05, 0.1) is 6.10 Å². The van der Waals surface area contributed by atoms with Gasteiger partial charge in [-0.1, -0.05) is 30.3 Å². The minimum Gasteiger partial charge on any atom is -0.381 e. The number of nitrogens with one attached hydrogen (secondary N) is 1. The first-order valence-corrected chi connectivity index (χ1v) is 9.20. The van der Waals surface area contributed by atoms with Gasteiger partial charge in [-0.15, -0.1) is 0 Å². The summed E-state index contributed by atoms with van der Waals surface area (Å²) in [6.45, 7) is 5.68. The Hall–Kier alpha value is -1.63. The first-order valence-electron chi connectivity index (χ1n) is 9.20. The van der Waals surface area contributed by atoms with E-state index in [4.69, 9.17) is 9.47 Å². The molecule has 2 aliphatic rings. The lowest BCUT2D eigenvalue weighted by molar-refractivity contribution is 0.0184. The summed E-state index contributed by atoms with van der Waals surface area (Å²) in [5.74, 6) is 0. The first kappa shape index (κ1) is 18.2. The number of ether oxygens (including phenoxy) is 2. The number of hydrogen-bond donors (Lipinski definition) is 1. The number of benzene rings is 1. The van der Waals surface area contributed by atoms with Gasteiger partial charge in [0, 0.05) is 59.1 Å². The van der Waals surface area contributed by atoms with Crippen molar-refractivity contribution < 1.29 is 14.3 Å². The number of methoxy groups -OCH3 is 1. The number of rotatable bonds is 5. The number of amides is 2. The topological polar surface area (TPSA) is 54.0 Å². The van der Waals surface area contributed by atoms with Gasteiger partial charge in [-0.05, 0) is 18.4 Å². The Labute approximate surface area is 150 Å². The van der Waals surface area contributed by atoms with E-state index in [0.717, 1.165) is 57.8 Å². The quantitative estimate of drug-likeness (QED) is 0.884. The molecule has 2 saturated heterocycles. The van der Waals surface area contributed by atoms with E-state index in [1.165, 1.54) is 0 Å². The lowest BCUT2D eigenvalue weighted by Crippen LogP contribution is -2.55. The molecule has 0 aliphatic carbocycles. The molecule has 0 radical (unpaired) electrons. The highest BCUT2D eigenvalue weighted by Gasteiger charge is 2.27. The van der Waals surface area contributed by atoms with E-state index < -0.39 is 0 Å².